The highest BCUT2D eigenvalue weighted by Gasteiger charge is 2.01. The van der Waals surface area contributed by atoms with Crippen molar-refractivity contribution in [3.05, 3.63) is 24.5 Å². The molecular weight excluding hydrogens is 204 g/mol. The predicted molar refractivity (Wildman–Crippen MR) is 67.3 cm³/mol. The second kappa shape index (κ2) is 7.71. The lowest BCUT2D eigenvalue weighted by Gasteiger charge is -2.12. The molecule has 15 heavy (non-hydrogen) atoms. The minimum atomic E-state index is 0.683. The van der Waals surface area contributed by atoms with Crippen molar-refractivity contribution in [1.29, 1.82) is 0 Å². The number of rotatable bonds is 7. The maximum atomic E-state index is 4.01. The van der Waals surface area contributed by atoms with Crippen LogP contribution >= 0.6 is 11.8 Å². The van der Waals surface area contributed by atoms with E-state index in [1.54, 1.807) is 0 Å². The van der Waals surface area contributed by atoms with Gasteiger partial charge in [0, 0.05) is 23.3 Å². The number of nitrogens with zero attached hydrogens (tertiary/aromatic N) is 1. The Morgan fingerprint density at radius 2 is 2.13 bits per heavy atom. The fourth-order valence-electron chi connectivity index (χ4n) is 1.51. The Bertz CT molecular complexity index is 247. The van der Waals surface area contributed by atoms with E-state index in [0.717, 1.165) is 0 Å². The molecule has 1 rings (SSSR count). The van der Waals surface area contributed by atoms with Gasteiger partial charge in [0.25, 0.3) is 0 Å². The largest absolute Gasteiger partial charge is 0.317 e. The Kier molecular flexibility index (Phi) is 6.44. The molecule has 0 bridgehead atoms. The van der Waals surface area contributed by atoms with Crippen molar-refractivity contribution < 1.29 is 0 Å². The van der Waals surface area contributed by atoms with E-state index in [-0.39, 0.29) is 0 Å². The van der Waals surface area contributed by atoms with Gasteiger partial charge in [-0.1, -0.05) is 6.92 Å². The first-order valence-electron chi connectivity index (χ1n) is 5.57. The third-order valence-corrected chi connectivity index (χ3v) is 3.61. The van der Waals surface area contributed by atoms with Gasteiger partial charge in [-0.3, -0.25) is 4.98 Å². The number of hydrogen-bond donors (Lipinski definition) is 1. The van der Waals surface area contributed by atoms with Crippen LogP contribution in [0.5, 0.6) is 0 Å². The molecule has 0 aromatic carbocycles. The molecule has 1 N–H and O–H groups in total. The third kappa shape index (κ3) is 5.19. The highest BCUT2D eigenvalue weighted by Crippen LogP contribution is 2.18. The summed E-state index contributed by atoms with van der Waals surface area (Å²) in [5, 5.41) is 3.33. The standard InChI is InChI=1S/C12H20N2S/c1-3-11(13-2)5-4-10-15-12-6-8-14-9-7-12/h6-9,11,13H,3-5,10H2,1-2H3. The van der Waals surface area contributed by atoms with Crippen LogP contribution in [0.2, 0.25) is 0 Å². The molecule has 1 aromatic rings. The maximum Gasteiger partial charge on any atom is 0.0278 e. The summed E-state index contributed by atoms with van der Waals surface area (Å²) in [4.78, 5) is 5.33. The Labute approximate surface area is 96.9 Å². The van der Waals surface area contributed by atoms with Crippen LogP contribution in [0.15, 0.2) is 29.4 Å². The Morgan fingerprint density at radius 3 is 2.73 bits per heavy atom. The molecule has 2 nitrogen and oxygen atoms in total. The van der Waals surface area contributed by atoms with E-state index in [1.165, 1.54) is 29.9 Å². The van der Waals surface area contributed by atoms with Crippen molar-refractivity contribution in [3.8, 4) is 0 Å². The molecule has 0 fully saturated rings. The lowest BCUT2D eigenvalue weighted by molar-refractivity contribution is 0.504. The molecule has 0 aliphatic carbocycles. The van der Waals surface area contributed by atoms with Crippen LogP contribution in [0.3, 0.4) is 0 Å². The summed E-state index contributed by atoms with van der Waals surface area (Å²) in [7, 11) is 2.05. The molecular formula is C12H20N2S. The molecule has 3 heteroatoms. The lowest BCUT2D eigenvalue weighted by atomic mass is 10.1. The van der Waals surface area contributed by atoms with Crippen LogP contribution in [-0.2, 0) is 0 Å². The second-order valence-electron chi connectivity index (χ2n) is 3.57. The van der Waals surface area contributed by atoms with Crippen molar-refractivity contribution in [2.24, 2.45) is 0 Å². The Morgan fingerprint density at radius 1 is 1.40 bits per heavy atom. The molecule has 1 atom stereocenters. The number of aromatic nitrogens is 1. The van der Waals surface area contributed by atoms with Crippen molar-refractivity contribution in [2.75, 3.05) is 12.8 Å². The fraction of sp³-hybridized carbons (Fsp3) is 0.583. The van der Waals surface area contributed by atoms with E-state index < -0.39 is 0 Å². The minimum absolute atomic E-state index is 0.683. The minimum Gasteiger partial charge on any atom is -0.317 e. The van der Waals surface area contributed by atoms with Gasteiger partial charge in [-0.05, 0) is 44.2 Å². The monoisotopic (exact) mass is 224 g/mol. The molecule has 0 spiro atoms. The highest BCUT2D eigenvalue weighted by molar-refractivity contribution is 7.99. The molecule has 0 saturated heterocycles. The van der Waals surface area contributed by atoms with Crippen LogP contribution < -0.4 is 5.32 Å². The van der Waals surface area contributed by atoms with Crippen LogP contribution in [-0.4, -0.2) is 23.8 Å². The van der Waals surface area contributed by atoms with Gasteiger partial charge in [0.1, 0.15) is 0 Å². The third-order valence-electron chi connectivity index (χ3n) is 2.52. The first-order valence-corrected chi connectivity index (χ1v) is 6.55. The van der Waals surface area contributed by atoms with Crippen molar-refractivity contribution in [3.63, 3.8) is 0 Å². The van der Waals surface area contributed by atoms with Gasteiger partial charge in [-0.2, -0.15) is 0 Å². The van der Waals surface area contributed by atoms with Gasteiger partial charge in [0.2, 0.25) is 0 Å². The first kappa shape index (κ1) is 12.5. The SMILES string of the molecule is CCC(CCCSc1ccncc1)NC. The van der Waals surface area contributed by atoms with Gasteiger partial charge in [-0.25, -0.2) is 0 Å². The van der Waals surface area contributed by atoms with Gasteiger partial charge < -0.3 is 5.32 Å². The van der Waals surface area contributed by atoms with E-state index in [0.29, 0.717) is 6.04 Å². The van der Waals surface area contributed by atoms with Gasteiger partial charge in [0.05, 0.1) is 0 Å². The zero-order valence-corrected chi connectivity index (χ0v) is 10.4. The molecule has 0 amide bonds. The molecule has 84 valence electrons. The molecule has 0 aliphatic heterocycles. The zero-order chi connectivity index (χ0) is 10.9. The molecule has 1 unspecified atom stereocenters. The van der Waals surface area contributed by atoms with Crippen LogP contribution in [0.25, 0.3) is 0 Å². The highest BCUT2D eigenvalue weighted by atomic mass is 32.2. The normalized spacial score (nSPS) is 12.7. The summed E-state index contributed by atoms with van der Waals surface area (Å²) in [6.45, 7) is 2.23. The number of thioether (sulfide) groups is 1. The van der Waals surface area contributed by atoms with Crippen molar-refractivity contribution >= 4 is 11.8 Å². The number of nitrogens with one attached hydrogen (secondary N) is 1. The first-order chi connectivity index (χ1) is 7.36. The van der Waals surface area contributed by atoms with Gasteiger partial charge >= 0.3 is 0 Å². The molecule has 0 aliphatic rings. The van der Waals surface area contributed by atoms with E-state index in [4.69, 9.17) is 0 Å². The second-order valence-corrected chi connectivity index (χ2v) is 4.74. The quantitative estimate of drug-likeness (QED) is 0.569. The average Bonchev–Trinajstić information content (AvgIpc) is 2.31. The van der Waals surface area contributed by atoms with Crippen molar-refractivity contribution in [1.82, 2.24) is 10.3 Å². The summed E-state index contributed by atoms with van der Waals surface area (Å²) in [6, 6.07) is 4.82. The van der Waals surface area contributed by atoms with E-state index in [9.17, 15) is 0 Å². The molecule has 1 heterocycles. The van der Waals surface area contributed by atoms with Gasteiger partial charge in [-0.15, -0.1) is 11.8 Å². The molecule has 1 aromatic heterocycles. The van der Waals surface area contributed by atoms with Crippen LogP contribution in [0.4, 0.5) is 0 Å². The molecule has 0 saturated carbocycles. The van der Waals surface area contributed by atoms with Crippen LogP contribution in [0, 0.1) is 0 Å². The summed E-state index contributed by atoms with van der Waals surface area (Å²) < 4.78 is 0. The van der Waals surface area contributed by atoms with E-state index in [1.807, 2.05) is 31.2 Å². The summed E-state index contributed by atoms with van der Waals surface area (Å²) >= 11 is 1.92. The van der Waals surface area contributed by atoms with Gasteiger partial charge in [0.15, 0.2) is 0 Å². The summed E-state index contributed by atoms with van der Waals surface area (Å²) in [6.07, 6.45) is 7.46. The maximum absolute atomic E-state index is 4.01. The Hall–Kier alpha value is -0.540. The predicted octanol–water partition coefficient (Wildman–Crippen LogP) is 2.95. The Balaban J connectivity index is 2.12. The fourth-order valence-corrected chi connectivity index (χ4v) is 2.37. The van der Waals surface area contributed by atoms with Crippen molar-refractivity contribution in [2.45, 2.75) is 37.1 Å². The lowest BCUT2D eigenvalue weighted by Crippen LogP contribution is -2.23. The number of hydrogen-bond acceptors (Lipinski definition) is 3. The topological polar surface area (TPSA) is 24.9 Å². The zero-order valence-electron chi connectivity index (χ0n) is 9.57. The smallest absolute Gasteiger partial charge is 0.0278 e. The van der Waals surface area contributed by atoms with E-state index in [2.05, 4.69) is 29.4 Å². The summed E-state index contributed by atoms with van der Waals surface area (Å²) in [5.74, 6) is 1.20. The number of pyridine rings is 1. The molecule has 0 radical (unpaired) electrons. The summed E-state index contributed by atoms with van der Waals surface area (Å²) in [5.41, 5.74) is 0. The van der Waals surface area contributed by atoms with E-state index >= 15 is 0 Å². The average molecular weight is 224 g/mol. The van der Waals surface area contributed by atoms with Crippen LogP contribution in [0.1, 0.15) is 26.2 Å².